The Bertz CT molecular complexity index is 634. The van der Waals surface area contributed by atoms with Crippen LogP contribution in [0, 0.1) is 12.7 Å². The largest absolute Gasteiger partial charge is 0.325 e. The second-order valence-electron chi connectivity index (χ2n) is 4.91. The van der Waals surface area contributed by atoms with E-state index in [1.807, 2.05) is 25.1 Å². The zero-order valence-electron chi connectivity index (χ0n) is 10.6. The number of nitrogens with one attached hydrogen (secondary N) is 1. The Morgan fingerprint density at radius 1 is 1.16 bits per heavy atom. The number of para-hydroxylation sites is 1. The van der Waals surface area contributed by atoms with Gasteiger partial charge in [0.05, 0.1) is 5.92 Å². The zero-order chi connectivity index (χ0) is 13.4. The molecule has 0 radical (unpaired) electrons. The third-order valence-electron chi connectivity index (χ3n) is 3.60. The van der Waals surface area contributed by atoms with E-state index in [1.165, 1.54) is 12.1 Å². The fourth-order valence-corrected chi connectivity index (χ4v) is 2.56. The highest BCUT2D eigenvalue weighted by atomic mass is 19.1. The molecule has 19 heavy (non-hydrogen) atoms. The molecule has 0 spiro atoms. The molecule has 0 unspecified atom stereocenters. The van der Waals surface area contributed by atoms with Crippen LogP contribution in [0.25, 0.3) is 0 Å². The first kappa shape index (κ1) is 11.9. The van der Waals surface area contributed by atoms with Gasteiger partial charge in [0.25, 0.3) is 0 Å². The summed E-state index contributed by atoms with van der Waals surface area (Å²) in [5.74, 6) is -0.412. The molecule has 0 aliphatic carbocycles. The van der Waals surface area contributed by atoms with Gasteiger partial charge in [-0.2, -0.15) is 0 Å². The van der Waals surface area contributed by atoms with Crippen molar-refractivity contribution in [3.05, 3.63) is 65.0 Å². The molecule has 0 saturated carbocycles. The lowest BCUT2D eigenvalue weighted by Gasteiger charge is -2.09. The molecule has 2 aromatic carbocycles. The summed E-state index contributed by atoms with van der Waals surface area (Å²) in [6.07, 6.45) is 0.600. The van der Waals surface area contributed by atoms with Crippen molar-refractivity contribution in [2.45, 2.75) is 19.3 Å². The van der Waals surface area contributed by atoms with Crippen LogP contribution >= 0.6 is 0 Å². The van der Waals surface area contributed by atoms with Gasteiger partial charge in [0, 0.05) is 5.69 Å². The molecule has 1 aliphatic heterocycles. The first-order valence-electron chi connectivity index (χ1n) is 6.30. The number of rotatable bonds is 2. The van der Waals surface area contributed by atoms with Crippen LogP contribution in [0.15, 0.2) is 42.5 Å². The average molecular weight is 255 g/mol. The SMILES string of the molecule is Cc1cccc2c1NC(=O)[C@@H]2Cc1ccc(F)cc1. The number of hydrogen-bond donors (Lipinski definition) is 1. The molecule has 2 nitrogen and oxygen atoms in total. The van der Waals surface area contributed by atoms with E-state index in [2.05, 4.69) is 5.32 Å². The molecule has 0 saturated heterocycles. The van der Waals surface area contributed by atoms with Gasteiger partial charge >= 0.3 is 0 Å². The van der Waals surface area contributed by atoms with Gasteiger partial charge in [-0.1, -0.05) is 30.3 Å². The summed E-state index contributed by atoms with van der Waals surface area (Å²) >= 11 is 0. The normalized spacial score (nSPS) is 17.2. The summed E-state index contributed by atoms with van der Waals surface area (Å²) in [6, 6.07) is 12.3. The molecule has 3 heteroatoms. The van der Waals surface area contributed by atoms with Gasteiger partial charge in [-0.05, 0) is 42.2 Å². The van der Waals surface area contributed by atoms with Crippen molar-refractivity contribution in [2.75, 3.05) is 5.32 Å². The Morgan fingerprint density at radius 3 is 2.63 bits per heavy atom. The van der Waals surface area contributed by atoms with E-state index in [9.17, 15) is 9.18 Å². The van der Waals surface area contributed by atoms with Crippen LogP contribution < -0.4 is 5.32 Å². The van der Waals surface area contributed by atoms with Gasteiger partial charge in [0.2, 0.25) is 5.91 Å². The maximum Gasteiger partial charge on any atom is 0.232 e. The predicted molar refractivity (Wildman–Crippen MR) is 72.7 cm³/mol. The molecule has 1 atom stereocenters. The lowest BCUT2D eigenvalue weighted by Crippen LogP contribution is -2.14. The summed E-state index contributed by atoms with van der Waals surface area (Å²) < 4.78 is 12.9. The van der Waals surface area contributed by atoms with Gasteiger partial charge in [-0.3, -0.25) is 4.79 Å². The van der Waals surface area contributed by atoms with Crippen LogP contribution in [-0.4, -0.2) is 5.91 Å². The standard InChI is InChI=1S/C16H14FNO/c1-10-3-2-4-13-14(16(19)18-15(10)13)9-11-5-7-12(17)8-6-11/h2-8,14H,9H2,1H3,(H,18,19)/t14-/m1/s1. The maximum atomic E-state index is 12.9. The molecule has 1 N–H and O–H groups in total. The Kier molecular flexibility index (Phi) is 2.82. The highest BCUT2D eigenvalue weighted by Gasteiger charge is 2.31. The first-order valence-corrected chi connectivity index (χ1v) is 6.30. The van der Waals surface area contributed by atoms with Crippen LogP contribution in [0.3, 0.4) is 0 Å². The number of halogens is 1. The van der Waals surface area contributed by atoms with Crippen molar-refractivity contribution in [3.63, 3.8) is 0 Å². The summed E-state index contributed by atoms with van der Waals surface area (Å²) in [7, 11) is 0. The van der Waals surface area contributed by atoms with E-state index in [0.29, 0.717) is 6.42 Å². The van der Waals surface area contributed by atoms with Gasteiger partial charge in [-0.25, -0.2) is 4.39 Å². The number of aryl methyl sites for hydroxylation is 1. The van der Waals surface area contributed by atoms with E-state index in [4.69, 9.17) is 0 Å². The molecule has 0 bridgehead atoms. The Morgan fingerprint density at radius 2 is 1.89 bits per heavy atom. The first-order chi connectivity index (χ1) is 9.15. The van der Waals surface area contributed by atoms with Crippen LogP contribution in [0.4, 0.5) is 10.1 Å². The van der Waals surface area contributed by atoms with Gasteiger partial charge in [-0.15, -0.1) is 0 Å². The molecular formula is C16H14FNO. The van der Waals surface area contributed by atoms with E-state index in [1.54, 1.807) is 12.1 Å². The van der Waals surface area contributed by atoms with E-state index >= 15 is 0 Å². The van der Waals surface area contributed by atoms with Crippen LogP contribution in [-0.2, 0) is 11.2 Å². The number of fused-ring (bicyclic) bond motifs is 1. The van der Waals surface area contributed by atoms with Crippen molar-refractivity contribution < 1.29 is 9.18 Å². The molecule has 1 aliphatic rings. The smallest absolute Gasteiger partial charge is 0.232 e. The summed E-state index contributed by atoms with van der Waals surface area (Å²) in [4.78, 5) is 12.1. The number of carbonyl (C=O) groups excluding carboxylic acids is 1. The number of hydrogen-bond acceptors (Lipinski definition) is 1. The summed E-state index contributed by atoms with van der Waals surface area (Å²) in [5.41, 5.74) is 4.01. The number of carbonyl (C=O) groups is 1. The lowest BCUT2D eigenvalue weighted by atomic mass is 9.92. The minimum absolute atomic E-state index is 0.0219. The number of benzene rings is 2. The van der Waals surface area contributed by atoms with E-state index < -0.39 is 0 Å². The van der Waals surface area contributed by atoms with Crippen molar-refractivity contribution in [3.8, 4) is 0 Å². The molecule has 1 amide bonds. The highest BCUT2D eigenvalue weighted by Crippen LogP contribution is 2.36. The molecule has 96 valence electrons. The second-order valence-corrected chi connectivity index (χ2v) is 4.91. The van der Waals surface area contributed by atoms with Crippen LogP contribution in [0.2, 0.25) is 0 Å². The number of amides is 1. The van der Waals surface area contributed by atoms with Crippen LogP contribution in [0.5, 0.6) is 0 Å². The Hall–Kier alpha value is -2.16. The Balaban J connectivity index is 1.92. The van der Waals surface area contributed by atoms with Crippen molar-refractivity contribution in [1.29, 1.82) is 0 Å². The summed E-state index contributed by atoms with van der Waals surface area (Å²) in [6.45, 7) is 1.99. The molecular weight excluding hydrogens is 241 g/mol. The quantitative estimate of drug-likeness (QED) is 0.875. The molecule has 2 aromatic rings. The lowest BCUT2D eigenvalue weighted by molar-refractivity contribution is -0.117. The minimum Gasteiger partial charge on any atom is -0.325 e. The maximum absolute atomic E-state index is 12.9. The fraction of sp³-hybridized carbons (Fsp3) is 0.188. The predicted octanol–water partition coefficient (Wildman–Crippen LogP) is 3.41. The highest BCUT2D eigenvalue weighted by molar-refractivity contribution is 6.03. The van der Waals surface area contributed by atoms with Crippen molar-refractivity contribution >= 4 is 11.6 Å². The van der Waals surface area contributed by atoms with Crippen molar-refractivity contribution in [1.82, 2.24) is 0 Å². The van der Waals surface area contributed by atoms with Gasteiger partial charge in [0.15, 0.2) is 0 Å². The second kappa shape index (κ2) is 4.50. The third kappa shape index (κ3) is 2.12. The monoisotopic (exact) mass is 255 g/mol. The Labute approximate surface area is 111 Å². The van der Waals surface area contributed by atoms with E-state index in [0.717, 1.165) is 22.4 Å². The molecule has 3 rings (SSSR count). The topological polar surface area (TPSA) is 29.1 Å². The fourth-order valence-electron chi connectivity index (χ4n) is 2.56. The average Bonchev–Trinajstić information content (AvgIpc) is 2.71. The van der Waals surface area contributed by atoms with Gasteiger partial charge in [0.1, 0.15) is 5.82 Å². The molecule has 1 heterocycles. The summed E-state index contributed by atoms with van der Waals surface area (Å²) in [5, 5.41) is 2.93. The third-order valence-corrected chi connectivity index (χ3v) is 3.60. The van der Waals surface area contributed by atoms with Crippen molar-refractivity contribution in [2.24, 2.45) is 0 Å². The molecule has 0 aromatic heterocycles. The van der Waals surface area contributed by atoms with Gasteiger partial charge < -0.3 is 5.32 Å². The molecule has 0 fully saturated rings. The zero-order valence-corrected chi connectivity index (χ0v) is 10.6. The van der Waals surface area contributed by atoms with E-state index in [-0.39, 0.29) is 17.6 Å². The minimum atomic E-state index is -0.254. The number of anilines is 1. The van der Waals surface area contributed by atoms with Crippen LogP contribution in [0.1, 0.15) is 22.6 Å².